The van der Waals surface area contributed by atoms with Gasteiger partial charge in [-0.15, -0.1) is 45.3 Å². The zero-order valence-electron chi connectivity index (χ0n) is 70.4. The molecule has 0 bridgehead atoms. The van der Waals surface area contributed by atoms with Crippen molar-refractivity contribution in [1.82, 2.24) is 43.5 Å². The van der Waals surface area contributed by atoms with Crippen molar-refractivity contribution in [3.8, 4) is 0 Å². The lowest BCUT2D eigenvalue weighted by Crippen LogP contribution is -2.47. The maximum absolute atomic E-state index is 13.2. The van der Waals surface area contributed by atoms with Crippen LogP contribution in [0.15, 0.2) is 143 Å². The average Bonchev–Trinajstić information content (AvgIpc) is 1.64. The highest BCUT2D eigenvalue weighted by molar-refractivity contribution is 7.13. The number of ether oxygens (including phenoxy) is 9. The Hall–Kier alpha value is -12.8. The Kier molecular flexibility index (Phi) is 31.1. The van der Waals surface area contributed by atoms with Crippen molar-refractivity contribution in [2.24, 2.45) is 34.1 Å². The summed E-state index contributed by atoms with van der Waals surface area (Å²) < 4.78 is 52.1. The van der Waals surface area contributed by atoms with Crippen molar-refractivity contribution in [2.75, 3.05) is 28.4 Å². The maximum Gasteiger partial charge on any atom is 0.408 e. The topological polar surface area (TPSA) is 440 Å². The van der Waals surface area contributed by atoms with Crippen LogP contribution in [0.2, 0.25) is 0 Å². The number of methoxy groups -OCH3 is 4. The van der Waals surface area contributed by atoms with Gasteiger partial charge in [-0.25, -0.2) is 48.7 Å². The Morgan fingerprint density at radius 2 is 0.667 bits per heavy atom. The summed E-state index contributed by atoms with van der Waals surface area (Å²) in [5.74, 6) is -6.05. The molecule has 0 saturated heterocycles. The Balaban J connectivity index is 0.000000187. The standard InChI is InChI=1S/C25H29N3O7S.C21H23N3O5S.C20H21N3O5S.C20H20N2O5S/c1-14(2)19(27-24(32)35-25(3,4)5)23(31)34-13-28-11-16(15-9-7-8-10-18(15)28)20(29)21-26-17(12-36-21)22(30)33-6;1-21(2,3)17(22)20(27)29-11-24-9-13(12-7-5-6-8-15(12)24)16(25)18-23-14(10-30-18)19(26)28-4;1-11(2)16(21)20(26)28-10-23-8-13(12-6-4-5-7-15(12)23)17(24)18-22-14(9-29-18)19(25)27-3;1-20(2,3)19(25)27-11-22-9-13(12-7-5-6-8-15(12)22)16(23)17-21-14(10-28-17)18(24)26-4/h7-12,14,19H,13H2,1-6H3,(H,27,32);5-10,17H,11,22H2,1-4H3;4-9,11,16H,10,21H2,1-3H3;5-10H,11H2,1-4H3. The van der Waals surface area contributed by atoms with Gasteiger partial charge < -0.3 is 77.7 Å². The van der Waals surface area contributed by atoms with Gasteiger partial charge in [-0.2, -0.15) is 0 Å². The molecule has 37 heteroatoms. The lowest BCUT2D eigenvalue weighted by Gasteiger charge is -2.25. The number of fused-ring (bicyclic) bond motifs is 4. The molecule has 0 radical (unpaired) electrons. The normalized spacial score (nSPS) is 12.1. The minimum absolute atomic E-state index is 0.00479. The fraction of sp³-hybridized carbons (Fsp3) is 0.337. The van der Waals surface area contributed by atoms with Crippen LogP contribution in [0.5, 0.6) is 0 Å². The molecule has 33 nitrogen and oxygen atoms in total. The van der Waals surface area contributed by atoms with Crippen LogP contribution in [0.4, 0.5) is 4.79 Å². The van der Waals surface area contributed by atoms with E-state index in [2.05, 4.69) is 44.2 Å². The van der Waals surface area contributed by atoms with E-state index in [1.54, 1.807) is 135 Å². The molecule has 3 unspecified atom stereocenters. The van der Waals surface area contributed by atoms with Crippen LogP contribution >= 0.6 is 45.3 Å². The summed E-state index contributed by atoms with van der Waals surface area (Å²) in [6, 6.07) is 26.6. The molecule has 4 aromatic carbocycles. The van der Waals surface area contributed by atoms with Crippen LogP contribution in [0.3, 0.4) is 0 Å². The van der Waals surface area contributed by atoms with Gasteiger partial charge in [0.15, 0.2) is 69.7 Å². The molecular formula is C86H93N11O22S4. The quantitative estimate of drug-likeness (QED) is 0.0257. The van der Waals surface area contributed by atoms with Gasteiger partial charge in [0, 0.05) is 67.9 Å². The molecule has 0 aliphatic heterocycles. The molecule has 8 heterocycles. The Morgan fingerprint density at radius 3 is 0.927 bits per heavy atom. The van der Waals surface area contributed by atoms with Crippen LogP contribution in [0.1, 0.15) is 193 Å². The van der Waals surface area contributed by atoms with E-state index in [1.807, 2.05) is 95.3 Å². The van der Waals surface area contributed by atoms with E-state index in [-0.39, 0.29) is 111 Å². The second-order valence-corrected chi connectivity index (χ2v) is 34.6. The van der Waals surface area contributed by atoms with Crippen molar-refractivity contribution >= 4 is 166 Å². The fourth-order valence-electron chi connectivity index (χ4n) is 11.5. The van der Waals surface area contributed by atoms with Gasteiger partial charge in [-0.3, -0.25) is 33.6 Å². The van der Waals surface area contributed by atoms with Gasteiger partial charge in [0.05, 0.1) is 78.2 Å². The van der Waals surface area contributed by atoms with Crippen molar-refractivity contribution in [1.29, 1.82) is 0 Å². The number of para-hydroxylation sites is 4. The zero-order chi connectivity index (χ0) is 90.3. The molecule has 8 aromatic heterocycles. The summed E-state index contributed by atoms with van der Waals surface area (Å²) in [4.78, 5) is 176. The molecule has 0 aliphatic carbocycles. The van der Waals surface area contributed by atoms with Gasteiger partial charge in [-0.05, 0) is 83.1 Å². The summed E-state index contributed by atoms with van der Waals surface area (Å²) in [7, 11) is 5.01. The molecule has 0 fully saturated rings. The van der Waals surface area contributed by atoms with Gasteiger partial charge in [-0.1, -0.05) is 121 Å². The van der Waals surface area contributed by atoms with Crippen molar-refractivity contribution < 1.29 is 105 Å². The van der Waals surface area contributed by atoms with Gasteiger partial charge >= 0.3 is 53.8 Å². The van der Waals surface area contributed by atoms with E-state index >= 15 is 0 Å². The number of carbonyl (C=O) groups is 13. The van der Waals surface area contributed by atoms with E-state index in [1.165, 1.54) is 50.0 Å². The number of benzene rings is 4. The monoisotopic (exact) mass is 1760 g/mol. The highest BCUT2D eigenvalue weighted by atomic mass is 32.1. The smallest absolute Gasteiger partial charge is 0.408 e. The van der Waals surface area contributed by atoms with Crippen molar-refractivity contribution in [3.63, 3.8) is 0 Å². The van der Waals surface area contributed by atoms with E-state index in [0.717, 1.165) is 61.9 Å². The number of nitrogens with one attached hydrogen (secondary N) is 1. The number of alkyl carbamates (subject to hydrolysis) is 1. The third kappa shape index (κ3) is 23.3. The lowest BCUT2D eigenvalue weighted by molar-refractivity contribution is -0.157. The number of thiazole rings is 4. The highest BCUT2D eigenvalue weighted by Gasteiger charge is 2.33. The van der Waals surface area contributed by atoms with E-state index in [4.69, 9.17) is 35.2 Å². The molecule has 0 spiro atoms. The molecule has 12 aromatic rings. The number of aromatic nitrogens is 8. The molecule has 1 amide bonds. The van der Waals surface area contributed by atoms with Crippen LogP contribution in [0, 0.1) is 22.7 Å². The Morgan fingerprint density at radius 1 is 0.390 bits per heavy atom. The molecule has 3 atom stereocenters. The SMILES string of the molecule is COC(=O)c1csc(C(=O)c2cn(COC(=O)C(C)(C)C)c3ccccc23)n1.COC(=O)c1csc(C(=O)c2cn(COC(=O)C(N)C(C)(C)C)c3ccccc23)n1.COC(=O)c1csc(C(=O)c2cn(COC(=O)C(N)C(C)C)c3ccccc23)n1.COC(=O)c1csc(C(=O)c2cn(COC(=O)C(NC(=O)OC(C)(C)C)C(C)C)c3ccccc23)n1. The summed E-state index contributed by atoms with van der Waals surface area (Å²) in [6.07, 6.45) is 5.72. The first-order valence-electron chi connectivity index (χ1n) is 37.9. The maximum atomic E-state index is 13.2. The first kappa shape index (κ1) is 94.0. The number of hydrogen-bond donors (Lipinski definition) is 3. The number of hydrogen-bond acceptors (Lipinski definition) is 32. The number of ketones is 4. The first-order valence-corrected chi connectivity index (χ1v) is 41.4. The summed E-state index contributed by atoms with van der Waals surface area (Å²) in [5.41, 5.74) is 14.8. The van der Waals surface area contributed by atoms with Crippen LogP contribution < -0.4 is 16.8 Å². The predicted molar refractivity (Wildman–Crippen MR) is 457 cm³/mol. The molecular weight excluding hydrogens is 1670 g/mol. The third-order valence-corrected chi connectivity index (χ3v) is 21.6. The van der Waals surface area contributed by atoms with Crippen molar-refractivity contribution in [2.45, 2.75) is 141 Å². The third-order valence-electron chi connectivity index (χ3n) is 18.3. The second-order valence-electron chi connectivity index (χ2n) is 31.1. The largest absolute Gasteiger partial charge is 0.464 e. The molecule has 5 N–H and O–H groups in total. The van der Waals surface area contributed by atoms with Crippen LogP contribution in [0.25, 0.3) is 43.6 Å². The molecule has 648 valence electrons. The van der Waals surface area contributed by atoms with Gasteiger partial charge in [0.2, 0.25) is 23.1 Å². The van der Waals surface area contributed by atoms with E-state index < -0.39 is 82.4 Å². The van der Waals surface area contributed by atoms with Crippen LogP contribution in [-0.4, -0.2) is 167 Å². The van der Waals surface area contributed by atoms with Gasteiger partial charge in [0.25, 0.3) is 0 Å². The minimum atomic E-state index is -0.921. The molecule has 0 aliphatic rings. The number of rotatable bonds is 26. The zero-order valence-corrected chi connectivity index (χ0v) is 73.7. The summed E-state index contributed by atoms with van der Waals surface area (Å²) in [6.45, 7) is 23.0. The molecule has 12 rings (SSSR count). The van der Waals surface area contributed by atoms with E-state index in [9.17, 15) is 62.3 Å². The average molecular weight is 1760 g/mol. The Bertz CT molecular complexity index is 5950. The fourth-order valence-corrected chi connectivity index (χ4v) is 14.4. The first-order chi connectivity index (χ1) is 58.1. The minimum Gasteiger partial charge on any atom is -0.464 e. The lowest BCUT2D eigenvalue weighted by atomic mass is 9.87. The molecule has 0 saturated carbocycles. The van der Waals surface area contributed by atoms with Gasteiger partial charge in [0.1, 0.15) is 23.7 Å². The molecule has 123 heavy (non-hydrogen) atoms. The summed E-state index contributed by atoms with van der Waals surface area (Å²) >= 11 is 4.25. The Labute approximate surface area is 721 Å². The summed E-state index contributed by atoms with van der Waals surface area (Å²) in [5, 5.41) is 11.9. The number of carbonyl (C=O) groups excluding carboxylic acids is 13. The second kappa shape index (κ2) is 40.7. The number of nitrogens with zero attached hydrogens (tertiary/aromatic N) is 8. The van der Waals surface area contributed by atoms with Crippen LogP contribution in [-0.2, 0) is 88.7 Å². The predicted octanol–water partition coefficient (Wildman–Crippen LogP) is 13.4. The highest BCUT2D eigenvalue weighted by Crippen LogP contribution is 2.32. The number of esters is 8. The number of amides is 1. The van der Waals surface area contributed by atoms with E-state index in [0.29, 0.717) is 49.3 Å². The number of nitrogens with two attached hydrogens (primary N) is 2. The van der Waals surface area contributed by atoms with Crippen molar-refractivity contribution in [3.05, 3.63) is 208 Å².